The molecule has 0 saturated carbocycles. The highest BCUT2D eigenvalue weighted by Gasteiger charge is 2.35. The molecule has 4 nitrogen and oxygen atoms in total. The Bertz CT molecular complexity index is 941. The molecule has 1 aliphatic rings. The largest absolute Gasteiger partial charge is 0.466 e. The molecule has 0 radical (unpaired) electrons. The summed E-state index contributed by atoms with van der Waals surface area (Å²) in [6.45, 7) is 1.84. The molecule has 138 valence electrons. The molecule has 2 aromatic rings. The molecule has 0 saturated heterocycles. The third-order valence-electron chi connectivity index (χ3n) is 4.18. The predicted molar refractivity (Wildman–Crippen MR) is 110 cm³/mol. The maximum atomic E-state index is 12.4. The number of hydrogen-bond acceptors (Lipinski definition) is 6. The maximum absolute atomic E-state index is 12.4. The van der Waals surface area contributed by atoms with Crippen LogP contribution in [0.2, 0.25) is 5.02 Å². The number of carbonyl (C=O) groups is 1. The second-order valence-electron chi connectivity index (χ2n) is 5.87. The first-order chi connectivity index (χ1) is 13.0. The van der Waals surface area contributed by atoms with Gasteiger partial charge in [0, 0.05) is 21.3 Å². The van der Waals surface area contributed by atoms with Crippen molar-refractivity contribution in [1.29, 1.82) is 5.26 Å². The summed E-state index contributed by atoms with van der Waals surface area (Å²) in [4.78, 5) is 13.3. The van der Waals surface area contributed by atoms with E-state index in [0.717, 1.165) is 15.5 Å². The van der Waals surface area contributed by atoms with E-state index in [0.29, 0.717) is 27.6 Å². The van der Waals surface area contributed by atoms with Crippen LogP contribution in [0.3, 0.4) is 0 Å². The van der Waals surface area contributed by atoms with E-state index in [2.05, 4.69) is 11.4 Å². The van der Waals surface area contributed by atoms with Gasteiger partial charge in [-0.3, -0.25) is 0 Å². The van der Waals surface area contributed by atoms with Gasteiger partial charge in [0.2, 0.25) is 0 Å². The van der Waals surface area contributed by atoms with Crippen LogP contribution in [0.15, 0.2) is 63.7 Å². The number of thiophene rings is 1. The van der Waals surface area contributed by atoms with Crippen LogP contribution in [0, 0.1) is 11.3 Å². The minimum atomic E-state index is -0.423. The number of ether oxygens (including phenoxy) is 1. The summed E-state index contributed by atoms with van der Waals surface area (Å²) in [7, 11) is 1.36. The zero-order valence-corrected chi connectivity index (χ0v) is 17.2. The lowest BCUT2D eigenvalue weighted by Gasteiger charge is -2.28. The van der Waals surface area contributed by atoms with Crippen LogP contribution in [0.25, 0.3) is 0 Å². The summed E-state index contributed by atoms with van der Waals surface area (Å²) in [5.41, 5.74) is 2.82. The number of esters is 1. The van der Waals surface area contributed by atoms with Crippen molar-refractivity contribution in [3.63, 3.8) is 0 Å². The normalized spacial score (nSPS) is 16.7. The Morgan fingerprint density at radius 3 is 2.70 bits per heavy atom. The van der Waals surface area contributed by atoms with Crippen molar-refractivity contribution in [2.45, 2.75) is 18.6 Å². The highest BCUT2D eigenvalue weighted by atomic mass is 35.5. The maximum Gasteiger partial charge on any atom is 0.336 e. The Balaban J connectivity index is 1.96. The molecular weight excluding hydrogens is 400 g/mol. The topological polar surface area (TPSA) is 62.1 Å². The van der Waals surface area contributed by atoms with Gasteiger partial charge in [-0.2, -0.15) is 5.26 Å². The zero-order chi connectivity index (χ0) is 19.4. The molecule has 1 aliphatic heterocycles. The monoisotopic (exact) mass is 416 g/mol. The molecule has 1 aromatic heterocycles. The van der Waals surface area contributed by atoms with Crippen LogP contribution >= 0.6 is 34.7 Å². The average Bonchev–Trinajstić information content (AvgIpc) is 3.20. The smallest absolute Gasteiger partial charge is 0.336 e. The number of hydrogen-bond donors (Lipinski definition) is 1. The van der Waals surface area contributed by atoms with E-state index in [9.17, 15) is 10.1 Å². The minimum Gasteiger partial charge on any atom is -0.466 e. The van der Waals surface area contributed by atoms with Crippen LogP contribution in [0.5, 0.6) is 0 Å². The van der Waals surface area contributed by atoms with Gasteiger partial charge in [-0.1, -0.05) is 29.8 Å². The SMILES string of the molecule is COC(=O)C1=C(C)NC(SCc2ccc(Cl)cc2)=C(C#N)[C@H]1c1cccs1. The molecule has 7 heteroatoms. The van der Waals surface area contributed by atoms with E-state index in [1.54, 1.807) is 0 Å². The van der Waals surface area contributed by atoms with Crippen molar-refractivity contribution >= 4 is 40.7 Å². The Kier molecular flexibility index (Phi) is 6.27. The molecule has 0 amide bonds. The lowest BCUT2D eigenvalue weighted by atomic mass is 9.87. The molecule has 1 atom stereocenters. The second kappa shape index (κ2) is 8.66. The van der Waals surface area contributed by atoms with E-state index in [1.807, 2.05) is 48.7 Å². The van der Waals surface area contributed by atoms with Gasteiger partial charge in [-0.15, -0.1) is 23.1 Å². The molecule has 0 aliphatic carbocycles. The number of nitrogens with one attached hydrogen (secondary N) is 1. The van der Waals surface area contributed by atoms with E-state index in [1.165, 1.54) is 30.2 Å². The number of nitrogens with zero attached hydrogens (tertiary/aromatic N) is 1. The Labute approximate surface area is 171 Å². The van der Waals surface area contributed by atoms with E-state index in [4.69, 9.17) is 16.3 Å². The number of methoxy groups -OCH3 is 1. The fraction of sp³-hybridized carbons (Fsp3) is 0.200. The third kappa shape index (κ3) is 4.22. The number of carbonyl (C=O) groups excluding carboxylic acids is 1. The van der Waals surface area contributed by atoms with Gasteiger partial charge >= 0.3 is 5.97 Å². The molecule has 0 spiro atoms. The first kappa shape index (κ1) is 19.6. The van der Waals surface area contributed by atoms with Crippen molar-refractivity contribution in [3.05, 3.63) is 79.1 Å². The number of benzene rings is 1. The predicted octanol–water partition coefficient (Wildman–Crippen LogP) is 5.20. The molecule has 3 rings (SSSR count). The Hall–Kier alpha value is -2.20. The number of allylic oxidation sites excluding steroid dienone is 2. The summed E-state index contributed by atoms with van der Waals surface area (Å²) in [6.07, 6.45) is 0. The van der Waals surface area contributed by atoms with E-state index >= 15 is 0 Å². The van der Waals surface area contributed by atoms with Gasteiger partial charge in [0.25, 0.3) is 0 Å². The molecule has 1 N–H and O–H groups in total. The van der Waals surface area contributed by atoms with Crippen molar-refractivity contribution in [1.82, 2.24) is 5.32 Å². The van der Waals surface area contributed by atoms with Gasteiger partial charge in [0.1, 0.15) is 0 Å². The van der Waals surface area contributed by atoms with Crippen molar-refractivity contribution in [3.8, 4) is 6.07 Å². The number of halogens is 1. The Morgan fingerprint density at radius 2 is 2.11 bits per heavy atom. The van der Waals surface area contributed by atoms with Gasteiger partial charge < -0.3 is 10.1 Å². The highest BCUT2D eigenvalue weighted by molar-refractivity contribution is 8.02. The zero-order valence-electron chi connectivity index (χ0n) is 14.8. The molecule has 1 aromatic carbocycles. The van der Waals surface area contributed by atoms with Gasteiger partial charge in [-0.25, -0.2) is 4.79 Å². The first-order valence-electron chi connectivity index (χ1n) is 8.16. The van der Waals surface area contributed by atoms with Crippen molar-refractivity contribution < 1.29 is 9.53 Å². The molecule has 0 bridgehead atoms. The molecule has 27 heavy (non-hydrogen) atoms. The van der Waals surface area contributed by atoms with E-state index < -0.39 is 11.9 Å². The van der Waals surface area contributed by atoms with Gasteiger partial charge in [-0.05, 0) is 36.1 Å². The lowest BCUT2D eigenvalue weighted by molar-refractivity contribution is -0.136. The summed E-state index contributed by atoms with van der Waals surface area (Å²) in [5.74, 6) is -0.160. The Morgan fingerprint density at radius 1 is 1.37 bits per heavy atom. The van der Waals surface area contributed by atoms with Crippen LogP contribution in [-0.2, 0) is 15.3 Å². The summed E-state index contributed by atoms with van der Waals surface area (Å²) in [5, 5.41) is 16.5. The fourth-order valence-corrected chi connectivity index (χ4v) is 4.90. The lowest BCUT2D eigenvalue weighted by Crippen LogP contribution is -2.28. The molecular formula is C20H17ClN2O2S2. The van der Waals surface area contributed by atoms with Crippen LogP contribution < -0.4 is 5.32 Å². The number of thioether (sulfide) groups is 1. The molecule has 2 heterocycles. The molecule has 0 fully saturated rings. The first-order valence-corrected chi connectivity index (χ1v) is 10.4. The van der Waals surface area contributed by atoms with Crippen LogP contribution in [0.1, 0.15) is 23.3 Å². The highest BCUT2D eigenvalue weighted by Crippen LogP contribution is 2.42. The van der Waals surface area contributed by atoms with Crippen molar-refractivity contribution in [2.75, 3.05) is 7.11 Å². The quantitative estimate of drug-likeness (QED) is 0.678. The van der Waals surface area contributed by atoms with E-state index in [-0.39, 0.29) is 0 Å². The number of dihydropyridines is 1. The van der Waals surface area contributed by atoms with Crippen molar-refractivity contribution in [2.24, 2.45) is 0 Å². The molecule has 0 unspecified atom stereocenters. The van der Waals surface area contributed by atoms with Gasteiger partial charge in [0.15, 0.2) is 0 Å². The summed E-state index contributed by atoms with van der Waals surface area (Å²) < 4.78 is 4.97. The van der Waals surface area contributed by atoms with Crippen LogP contribution in [0.4, 0.5) is 0 Å². The summed E-state index contributed by atoms with van der Waals surface area (Å²) >= 11 is 9.00. The third-order valence-corrected chi connectivity index (χ3v) is 6.45. The fourth-order valence-electron chi connectivity index (χ4n) is 2.88. The standard InChI is InChI=1S/C20H17ClN2O2S2/c1-12-17(20(24)25-2)18(16-4-3-9-26-16)15(10-22)19(23-12)27-11-13-5-7-14(21)8-6-13/h3-9,18,23H,11H2,1-2H3/t18-/m0/s1. The average molecular weight is 417 g/mol. The number of rotatable bonds is 5. The van der Waals surface area contributed by atoms with Gasteiger partial charge in [0.05, 0.1) is 35.3 Å². The number of nitriles is 1. The summed E-state index contributed by atoms with van der Waals surface area (Å²) in [6, 6.07) is 13.8. The second-order valence-corrected chi connectivity index (χ2v) is 8.27. The minimum absolute atomic E-state index is 0.420. The van der Waals surface area contributed by atoms with Crippen LogP contribution in [-0.4, -0.2) is 13.1 Å².